The Kier molecular flexibility index (Phi) is 4.77. The maximum Gasteiger partial charge on any atom is 0.322 e. The summed E-state index contributed by atoms with van der Waals surface area (Å²) in [5.74, 6) is 0.298. The van der Waals surface area contributed by atoms with Crippen LogP contribution < -0.4 is 10.2 Å². The summed E-state index contributed by atoms with van der Waals surface area (Å²) in [7, 11) is 4.20. The van der Waals surface area contributed by atoms with Crippen molar-refractivity contribution < 1.29 is 9.90 Å². The molecule has 2 heterocycles. The highest BCUT2D eigenvalue weighted by Crippen LogP contribution is 2.47. The molecular weight excluding hydrogens is 364 g/mol. The van der Waals surface area contributed by atoms with Crippen LogP contribution in [0.5, 0.6) is 5.75 Å². The highest BCUT2D eigenvalue weighted by Gasteiger charge is 2.50. The second-order valence-electron chi connectivity index (χ2n) is 8.89. The van der Waals surface area contributed by atoms with Crippen molar-refractivity contribution in [2.24, 2.45) is 0 Å². The predicted octanol–water partition coefficient (Wildman–Crippen LogP) is 3.70. The van der Waals surface area contributed by atoms with Crippen LogP contribution in [0.1, 0.15) is 42.5 Å². The van der Waals surface area contributed by atoms with E-state index in [0.29, 0.717) is 12.3 Å². The van der Waals surface area contributed by atoms with Crippen LogP contribution in [-0.4, -0.2) is 47.2 Å². The lowest BCUT2D eigenvalue weighted by atomic mass is 9.69. The van der Waals surface area contributed by atoms with Crippen LogP contribution in [0, 0.1) is 13.8 Å². The number of nitrogens with zero attached hydrogens (tertiary/aromatic N) is 3. The van der Waals surface area contributed by atoms with E-state index in [1.165, 1.54) is 0 Å². The van der Waals surface area contributed by atoms with Crippen LogP contribution >= 0.6 is 0 Å². The molecule has 154 valence electrons. The van der Waals surface area contributed by atoms with Crippen LogP contribution in [-0.2, 0) is 5.54 Å². The van der Waals surface area contributed by atoms with E-state index in [4.69, 9.17) is 0 Å². The molecule has 1 saturated heterocycles. The number of phenols is 1. The Bertz CT molecular complexity index is 932. The molecule has 1 spiro atoms. The smallest absolute Gasteiger partial charge is 0.322 e. The zero-order valence-corrected chi connectivity index (χ0v) is 17.7. The lowest BCUT2D eigenvalue weighted by molar-refractivity contribution is 0.0656. The van der Waals surface area contributed by atoms with Crippen molar-refractivity contribution in [3.63, 3.8) is 0 Å². The minimum atomic E-state index is -0.218. The van der Waals surface area contributed by atoms with Crippen molar-refractivity contribution in [2.75, 3.05) is 25.5 Å². The summed E-state index contributed by atoms with van der Waals surface area (Å²) in [6, 6.07) is 9.58. The second-order valence-corrected chi connectivity index (χ2v) is 8.89. The van der Waals surface area contributed by atoms with Gasteiger partial charge in [0.2, 0.25) is 0 Å². The first-order chi connectivity index (χ1) is 13.7. The molecule has 2 amide bonds. The van der Waals surface area contributed by atoms with Gasteiger partial charge in [0.05, 0.1) is 24.0 Å². The minimum absolute atomic E-state index is 0.0338. The SMILES string of the molecule is Cc1cc(C)c(N2CC3(CCC(c4cccc(O)c4)(N(C)C)CC3)NC2=O)cn1. The number of aryl methyl sites for hydroxylation is 2. The standard InChI is InChI=1S/C23H30N4O2/c1-16-12-17(2)24-14-20(16)27-15-22(25-21(27)29)8-10-23(11-9-22,26(3)4)18-6-5-7-19(28)13-18/h5-7,12-14,28H,8-11,15H2,1-4H3,(H,25,29). The molecule has 0 unspecified atom stereocenters. The number of pyridine rings is 1. The van der Waals surface area contributed by atoms with Crippen molar-refractivity contribution in [3.05, 3.63) is 53.3 Å². The Balaban J connectivity index is 1.57. The molecule has 1 saturated carbocycles. The largest absolute Gasteiger partial charge is 0.508 e. The summed E-state index contributed by atoms with van der Waals surface area (Å²) in [5, 5.41) is 13.3. The zero-order chi connectivity index (χ0) is 20.8. The summed E-state index contributed by atoms with van der Waals surface area (Å²) in [6.07, 6.45) is 5.43. The van der Waals surface area contributed by atoms with Gasteiger partial charge in [-0.05, 0) is 83.0 Å². The molecule has 2 aliphatic rings. The monoisotopic (exact) mass is 394 g/mol. The van der Waals surface area contributed by atoms with Crippen LogP contribution in [0.4, 0.5) is 10.5 Å². The predicted molar refractivity (Wildman–Crippen MR) is 114 cm³/mol. The molecule has 0 radical (unpaired) electrons. The first-order valence-corrected chi connectivity index (χ1v) is 10.2. The van der Waals surface area contributed by atoms with Gasteiger partial charge in [0.15, 0.2) is 0 Å². The van der Waals surface area contributed by atoms with E-state index in [2.05, 4.69) is 35.4 Å². The lowest BCUT2D eigenvalue weighted by Gasteiger charge is -2.48. The molecule has 6 nitrogen and oxygen atoms in total. The Labute approximate surface area is 172 Å². The fourth-order valence-corrected chi connectivity index (χ4v) is 5.09. The Morgan fingerprint density at radius 2 is 1.86 bits per heavy atom. The number of aromatic hydroxyl groups is 1. The fraction of sp³-hybridized carbons (Fsp3) is 0.478. The van der Waals surface area contributed by atoms with Crippen molar-refractivity contribution in [2.45, 2.75) is 50.6 Å². The molecule has 1 aromatic carbocycles. The molecule has 4 rings (SSSR count). The third kappa shape index (κ3) is 3.35. The molecule has 2 N–H and O–H groups in total. The van der Waals surface area contributed by atoms with Gasteiger partial charge in [-0.15, -0.1) is 0 Å². The van der Waals surface area contributed by atoms with Crippen molar-refractivity contribution in [1.82, 2.24) is 15.2 Å². The number of aromatic nitrogens is 1. The quantitative estimate of drug-likeness (QED) is 0.833. The number of carbonyl (C=O) groups is 1. The molecule has 1 aliphatic heterocycles. The number of anilines is 1. The van der Waals surface area contributed by atoms with Crippen LogP contribution in [0.15, 0.2) is 36.5 Å². The van der Waals surface area contributed by atoms with Gasteiger partial charge in [0.1, 0.15) is 5.75 Å². The number of hydrogen-bond acceptors (Lipinski definition) is 4. The summed E-state index contributed by atoms with van der Waals surface area (Å²) < 4.78 is 0. The van der Waals surface area contributed by atoms with Crippen LogP contribution in [0.3, 0.4) is 0 Å². The molecule has 0 bridgehead atoms. The summed E-state index contributed by atoms with van der Waals surface area (Å²) >= 11 is 0. The fourth-order valence-electron chi connectivity index (χ4n) is 5.09. The Morgan fingerprint density at radius 1 is 1.14 bits per heavy atom. The van der Waals surface area contributed by atoms with Crippen molar-refractivity contribution in [3.8, 4) is 5.75 Å². The normalized spacial score (nSPS) is 26.9. The van der Waals surface area contributed by atoms with E-state index >= 15 is 0 Å². The van der Waals surface area contributed by atoms with E-state index < -0.39 is 0 Å². The molecule has 2 aromatic rings. The van der Waals surface area contributed by atoms with Gasteiger partial charge in [0.25, 0.3) is 0 Å². The van der Waals surface area contributed by atoms with E-state index in [0.717, 1.165) is 48.2 Å². The van der Waals surface area contributed by atoms with Gasteiger partial charge < -0.3 is 10.4 Å². The molecule has 1 aromatic heterocycles. The zero-order valence-electron chi connectivity index (χ0n) is 17.7. The molecular formula is C23H30N4O2. The van der Waals surface area contributed by atoms with Gasteiger partial charge in [-0.1, -0.05) is 12.1 Å². The Hall–Kier alpha value is -2.60. The van der Waals surface area contributed by atoms with Gasteiger partial charge in [-0.25, -0.2) is 4.79 Å². The molecule has 0 atom stereocenters. The van der Waals surface area contributed by atoms with Crippen LogP contribution in [0.25, 0.3) is 0 Å². The van der Waals surface area contributed by atoms with Gasteiger partial charge in [-0.3, -0.25) is 14.8 Å². The van der Waals surface area contributed by atoms with E-state index in [-0.39, 0.29) is 17.1 Å². The number of rotatable bonds is 3. The average molecular weight is 395 g/mol. The maximum atomic E-state index is 12.8. The first-order valence-electron chi connectivity index (χ1n) is 10.2. The minimum Gasteiger partial charge on any atom is -0.508 e. The summed E-state index contributed by atoms with van der Waals surface area (Å²) in [6.45, 7) is 4.66. The third-order valence-corrected chi connectivity index (χ3v) is 6.86. The lowest BCUT2D eigenvalue weighted by Crippen LogP contribution is -2.54. The number of urea groups is 1. The number of hydrogen-bond donors (Lipinski definition) is 2. The van der Waals surface area contributed by atoms with E-state index in [1.807, 2.05) is 43.1 Å². The molecule has 1 aliphatic carbocycles. The number of benzene rings is 1. The first kappa shape index (κ1) is 19.7. The van der Waals surface area contributed by atoms with E-state index in [1.54, 1.807) is 6.07 Å². The molecule has 2 fully saturated rings. The number of amides is 2. The number of phenolic OH excluding ortho intramolecular Hbond substituents is 1. The summed E-state index contributed by atoms with van der Waals surface area (Å²) in [5.41, 5.74) is 3.70. The number of nitrogens with one attached hydrogen (secondary N) is 1. The van der Waals surface area contributed by atoms with Crippen molar-refractivity contribution in [1.29, 1.82) is 0 Å². The maximum absolute atomic E-state index is 12.8. The van der Waals surface area contributed by atoms with E-state index in [9.17, 15) is 9.90 Å². The van der Waals surface area contributed by atoms with Gasteiger partial charge in [0, 0.05) is 11.2 Å². The van der Waals surface area contributed by atoms with Gasteiger partial charge >= 0.3 is 6.03 Å². The summed E-state index contributed by atoms with van der Waals surface area (Å²) in [4.78, 5) is 21.3. The molecule has 29 heavy (non-hydrogen) atoms. The highest BCUT2D eigenvalue weighted by atomic mass is 16.3. The topological polar surface area (TPSA) is 68.7 Å². The highest BCUT2D eigenvalue weighted by molar-refractivity contribution is 5.95. The third-order valence-electron chi connectivity index (χ3n) is 6.86. The molecule has 6 heteroatoms. The number of carbonyl (C=O) groups excluding carboxylic acids is 1. The Morgan fingerprint density at radius 3 is 2.48 bits per heavy atom. The van der Waals surface area contributed by atoms with Crippen LogP contribution in [0.2, 0.25) is 0 Å². The second kappa shape index (κ2) is 7.02. The average Bonchev–Trinajstić information content (AvgIpc) is 2.98. The van der Waals surface area contributed by atoms with Crippen molar-refractivity contribution >= 4 is 11.7 Å². The van der Waals surface area contributed by atoms with Gasteiger partial charge in [-0.2, -0.15) is 0 Å².